The SMILES string of the molecule is ClCCc1cccc2sc3ccccc3c12. The maximum Gasteiger partial charge on any atom is 0.0358 e. The van der Waals surface area contributed by atoms with Gasteiger partial charge in [-0.25, -0.2) is 0 Å². The first-order chi connectivity index (χ1) is 7.90. The summed E-state index contributed by atoms with van der Waals surface area (Å²) in [5, 5.41) is 2.76. The van der Waals surface area contributed by atoms with Crippen molar-refractivity contribution in [2.75, 3.05) is 5.88 Å². The molecule has 0 radical (unpaired) electrons. The molecule has 0 fully saturated rings. The van der Waals surface area contributed by atoms with Crippen LogP contribution in [-0.4, -0.2) is 5.88 Å². The van der Waals surface area contributed by atoms with Crippen molar-refractivity contribution in [3.63, 3.8) is 0 Å². The lowest BCUT2D eigenvalue weighted by molar-refractivity contribution is 1.17. The van der Waals surface area contributed by atoms with E-state index in [4.69, 9.17) is 11.6 Å². The van der Waals surface area contributed by atoms with Crippen molar-refractivity contribution in [1.29, 1.82) is 0 Å². The minimum atomic E-state index is 0.684. The van der Waals surface area contributed by atoms with Crippen molar-refractivity contribution in [3.8, 4) is 0 Å². The lowest BCUT2D eigenvalue weighted by Crippen LogP contribution is -1.86. The zero-order valence-corrected chi connectivity index (χ0v) is 10.3. The minimum Gasteiger partial charge on any atom is -0.135 e. The summed E-state index contributed by atoms with van der Waals surface area (Å²) in [5.74, 6) is 0.684. The number of rotatable bonds is 2. The molecule has 3 rings (SSSR count). The molecule has 0 saturated heterocycles. The van der Waals surface area contributed by atoms with E-state index in [2.05, 4.69) is 42.5 Å². The Morgan fingerprint density at radius 3 is 2.62 bits per heavy atom. The van der Waals surface area contributed by atoms with E-state index in [0.29, 0.717) is 5.88 Å². The van der Waals surface area contributed by atoms with Crippen molar-refractivity contribution >= 4 is 43.1 Å². The molecule has 0 saturated carbocycles. The van der Waals surface area contributed by atoms with E-state index >= 15 is 0 Å². The highest BCUT2D eigenvalue weighted by atomic mass is 35.5. The molecule has 0 amide bonds. The third-order valence-corrected chi connectivity index (χ3v) is 4.18. The van der Waals surface area contributed by atoms with Crippen molar-refractivity contribution in [2.45, 2.75) is 6.42 Å². The summed E-state index contributed by atoms with van der Waals surface area (Å²) >= 11 is 7.72. The quantitative estimate of drug-likeness (QED) is 0.568. The zero-order valence-electron chi connectivity index (χ0n) is 8.74. The van der Waals surface area contributed by atoms with Crippen LogP contribution in [0.25, 0.3) is 20.2 Å². The van der Waals surface area contributed by atoms with Gasteiger partial charge in [-0.3, -0.25) is 0 Å². The molecule has 1 heterocycles. The molecule has 0 aliphatic heterocycles. The van der Waals surface area contributed by atoms with Gasteiger partial charge in [0.25, 0.3) is 0 Å². The maximum absolute atomic E-state index is 5.86. The summed E-state index contributed by atoms with van der Waals surface area (Å²) in [7, 11) is 0. The summed E-state index contributed by atoms with van der Waals surface area (Å²) in [5.41, 5.74) is 1.37. The lowest BCUT2D eigenvalue weighted by Gasteiger charge is -2.00. The molecule has 0 aliphatic carbocycles. The number of benzene rings is 2. The topological polar surface area (TPSA) is 0 Å². The van der Waals surface area contributed by atoms with Crippen LogP contribution >= 0.6 is 22.9 Å². The van der Waals surface area contributed by atoms with Crippen LogP contribution in [0.2, 0.25) is 0 Å². The fourth-order valence-corrected chi connectivity index (χ4v) is 3.52. The Labute approximate surface area is 103 Å². The molecule has 3 aromatic rings. The summed E-state index contributed by atoms with van der Waals surface area (Å²) in [4.78, 5) is 0. The Balaban J connectivity index is 2.43. The number of hydrogen-bond acceptors (Lipinski definition) is 1. The van der Waals surface area contributed by atoms with E-state index in [1.165, 1.54) is 25.7 Å². The zero-order chi connectivity index (χ0) is 11.0. The summed E-state index contributed by atoms with van der Waals surface area (Å²) in [6, 6.07) is 15.1. The van der Waals surface area contributed by atoms with E-state index < -0.39 is 0 Å². The molecular weight excluding hydrogens is 236 g/mol. The van der Waals surface area contributed by atoms with Gasteiger partial charge in [0.2, 0.25) is 0 Å². The van der Waals surface area contributed by atoms with Gasteiger partial charge in [-0.2, -0.15) is 0 Å². The van der Waals surface area contributed by atoms with E-state index in [1.807, 2.05) is 11.3 Å². The van der Waals surface area contributed by atoms with Crippen LogP contribution in [0.5, 0.6) is 0 Å². The number of halogens is 1. The van der Waals surface area contributed by atoms with Crippen LogP contribution in [0.3, 0.4) is 0 Å². The number of alkyl halides is 1. The largest absolute Gasteiger partial charge is 0.135 e. The second kappa shape index (κ2) is 4.08. The van der Waals surface area contributed by atoms with Crippen LogP contribution < -0.4 is 0 Å². The predicted molar refractivity (Wildman–Crippen MR) is 73.8 cm³/mol. The molecule has 2 aromatic carbocycles. The molecule has 0 N–H and O–H groups in total. The molecule has 80 valence electrons. The molecular formula is C14H11ClS. The van der Waals surface area contributed by atoms with Crippen LogP contribution in [0.1, 0.15) is 5.56 Å². The van der Waals surface area contributed by atoms with Crippen molar-refractivity contribution < 1.29 is 0 Å². The summed E-state index contributed by atoms with van der Waals surface area (Å²) in [6.45, 7) is 0. The van der Waals surface area contributed by atoms with Crippen molar-refractivity contribution in [3.05, 3.63) is 48.0 Å². The Morgan fingerprint density at radius 1 is 0.938 bits per heavy atom. The average molecular weight is 247 g/mol. The normalized spacial score (nSPS) is 11.3. The molecule has 0 nitrogen and oxygen atoms in total. The van der Waals surface area contributed by atoms with Crippen LogP contribution in [-0.2, 0) is 6.42 Å². The third-order valence-electron chi connectivity index (χ3n) is 2.85. The van der Waals surface area contributed by atoms with E-state index in [9.17, 15) is 0 Å². The second-order valence-corrected chi connectivity index (χ2v) is 5.29. The molecule has 0 atom stereocenters. The Kier molecular flexibility index (Phi) is 2.58. The molecule has 1 aromatic heterocycles. The van der Waals surface area contributed by atoms with Crippen LogP contribution in [0.4, 0.5) is 0 Å². The maximum atomic E-state index is 5.86. The van der Waals surface area contributed by atoms with Gasteiger partial charge in [0.1, 0.15) is 0 Å². The van der Waals surface area contributed by atoms with Gasteiger partial charge in [0.05, 0.1) is 0 Å². The first kappa shape index (κ1) is 10.1. The Morgan fingerprint density at radius 2 is 1.75 bits per heavy atom. The van der Waals surface area contributed by atoms with Crippen LogP contribution in [0, 0.1) is 0 Å². The molecule has 0 spiro atoms. The fourth-order valence-electron chi connectivity index (χ4n) is 2.16. The fraction of sp³-hybridized carbons (Fsp3) is 0.143. The van der Waals surface area contributed by atoms with Gasteiger partial charge in [0.15, 0.2) is 0 Å². The first-order valence-electron chi connectivity index (χ1n) is 5.35. The smallest absolute Gasteiger partial charge is 0.0358 e. The predicted octanol–water partition coefficient (Wildman–Crippen LogP) is 4.84. The highest BCUT2D eigenvalue weighted by molar-refractivity contribution is 7.25. The van der Waals surface area contributed by atoms with Gasteiger partial charge in [-0.1, -0.05) is 30.3 Å². The van der Waals surface area contributed by atoms with Crippen LogP contribution in [0.15, 0.2) is 42.5 Å². The third kappa shape index (κ3) is 1.51. The van der Waals surface area contributed by atoms with E-state index in [-0.39, 0.29) is 0 Å². The standard InChI is InChI=1S/C14H11ClS/c15-9-8-10-4-3-7-13-14(10)11-5-1-2-6-12(11)16-13/h1-7H,8-9H2. The number of hydrogen-bond donors (Lipinski definition) is 0. The monoisotopic (exact) mass is 246 g/mol. The molecule has 0 bridgehead atoms. The molecule has 2 heteroatoms. The molecule has 0 unspecified atom stereocenters. The summed E-state index contributed by atoms with van der Waals surface area (Å²) in [6.07, 6.45) is 0.944. The van der Waals surface area contributed by atoms with Gasteiger partial charge in [-0.05, 0) is 24.1 Å². The first-order valence-corrected chi connectivity index (χ1v) is 6.70. The number of thiophene rings is 1. The molecule has 0 aliphatic rings. The minimum absolute atomic E-state index is 0.684. The Bertz CT molecular complexity index is 639. The summed E-state index contributed by atoms with van der Waals surface area (Å²) < 4.78 is 2.73. The molecule has 16 heavy (non-hydrogen) atoms. The Hall–Kier alpha value is -1.05. The van der Waals surface area contributed by atoms with Crippen molar-refractivity contribution in [1.82, 2.24) is 0 Å². The number of fused-ring (bicyclic) bond motifs is 3. The van der Waals surface area contributed by atoms with E-state index in [0.717, 1.165) is 6.42 Å². The average Bonchev–Trinajstić information content (AvgIpc) is 2.68. The number of aryl methyl sites for hydroxylation is 1. The second-order valence-electron chi connectivity index (χ2n) is 3.83. The lowest BCUT2D eigenvalue weighted by atomic mass is 10.0. The van der Waals surface area contributed by atoms with Gasteiger partial charge >= 0.3 is 0 Å². The van der Waals surface area contributed by atoms with Gasteiger partial charge in [-0.15, -0.1) is 22.9 Å². The van der Waals surface area contributed by atoms with Gasteiger partial charge < -0.3 is 0 Å². The van der Waals surface area contributed by atoms with Gasteiger partial charge in [0, 0.05) is 26.1 Å². The highest BCUT2D eigenvalue weighted by Crippen LogP contribution is 2.35. The van der Waals surface area contributed by atoms with Crippen molar-refractivity contribution in [2.24, 2.45) is 0 Å². The van der Waals surface area contributed by atoms with E-state index in [1.54, 1.807) is 0 Å². The highest BCUT2D eigenvalue weighted by Gasteiger charge is 2.07.